The number of nitrogens with one attached hydrogen (secondary N) is 2. The number of hydrogen-bond acceptors (Lipinski definition) is 10. The summed E-state index contributed by atoms with van der Waals surface area (Å²) >= 11 is 0. The van der Waals surface area contributed by atoms with Gasteiger partial charge in [-0.3, -0.25) is 4.79 Å². The van der Waals surface area contributed by atoms with Gasteiger partial charge in [0.1, 0.15) is 35.2 Å². The molecule has 3 aromatic carbocycles. The molecule has 2 N–H and O–H groups in total. The van der Waals surface area contributed by atoms with Crippen molar-refractivity contribution >= 4 is 34.0 Å². The van der Waals surface area contributed by atoms with Crippen LogP contribution in [0.3, 0.4) is 0 Å². The highest BCUT2D eigenvalue weighted by atomic mass is 19.1. The van der Waals surface area contributed by atoms with E-state index in [1.807, 2.05) is 38.1 Å². The van der Waals surface area contributed by atoms with Crippen molar-refractivity contribution in [1.82, 2.24) is 25.1 Å². The Hall–Kier alpha value is -5.36. The number of ether oxygens (including phenoxy) is 2. The van der Waals surface area contributed by atoms with E-state index < -0.39 is 5.82 Å². The monoisotopic (exact) mass is 609 g/mol. The molecule has 2 heterocycles. The first-order valence-corrected chi connectivity index (χ1v) is 14.6. The third kappa shape index (κ3) is 7.24. The molecule has 0 unspecified atom stereocenters. The van der Waals surface area contributed by atoms with Gasteiger partial charge in [0.15, 0.2) is 0 Å². The number of rotatable bonds is 12. The van der Waals surface area contributed by atoms with E-state index in [0.29, 0.717) is 76.1 Å². The molecule has 230 valence electrons. The lowest BCUT2D eigenvalue weighted by atomic mass is 10.1. The van der Waals surface area contributed by atoms with E-state index in [0.717, 1.165) is 12.8 Å². The van der Waals surface area contributed by atoms with Crippen LogP contribution in [0.25, 0.3) is 22.4 Å². The highest BCUT2D eigenvalue weighted by Gasteiger charge is 2.29. The van der Waals surface area contributed by atoms with Gasteiger partial charge in [0, 0.05) is 41.6 Å². The average molecular weight is 610 g/mol. The Labute approximate surface area is 259 Å². The van der Waals surface area contributed by atoms with Crippen LogP contribution >= 0.6 is 0 Å². The van der Waals surface area contributed by atoms with E-state index in [2.05, 4.69) is 30.8 Å². The van der Waals surface area contributed by atoms with Crippen molar-refractivity contribution in [3.63, 3.8) is 0 Å². The van der Waals surface area contributed by atoms with Crippen molar-refractivity contribution in [1.29, 1.82) is 0 Å². The third-order valence-electron chi connectivity index (χ3n) is 6.91. The summed E-state index contributed by atoms with van der Waals surface area (Å²) in [6, 6.07) is 15.1. The maximum atomic E-state index is 15.4. The summed E-state index contributed by atoms with van der Waals surface area (Å²) in [7, 11) is 3.83. The molecule has 2 aromatic heterocycles. The number of aromatic nitrogens is 4. The molecule has 0 aliphatic heterocycles. The number of halogens is 1. The zero-order chi connectivity index (χ0) is 31.3. The molecule has 12 heteroatoms. The predicted octanol–water partition coefficient (Wildman–Crippen LogP) is 6.69. The SMILES string of the molecule is CCOc1cc2ncnc(Nc3ccc(Oc4cccc(-c5nnc(C6CC6)o5)c4)cc3F)c2cc1NC(=O)/C=C/CN(C)C. The zero-order valence-electron chi connectivity index (χ0n) is 25.1. The number of carbonyl (C=O) groups excluding carboxylic acids is 1. The van der Waals surface area contributed by atoms with Crippen molar-refractivity contribution < 1.29 is 23.1 Å². The molecule has 45 heavy (non-hydrogen) atoms. The molecular formula is C33H32FN7O4. The van der Waals surface area contributed by atoms with Crippen LogP contribution in [-0.4, -0.2) is 58.2 Å². The summed E-state index contributed by atoms with van der Waals surface area (Å²) in [5.41, 5.74) is 1.90. The number of amides is 1. The average Bonchev–Trinajstić information content (AvgIpc) is 3.75. The number of benzene rings is 3. The Morgan fingerprint density at radius 2 is 1.91 bits per heavy atom. The molecular weight excluding hydrogens is 577 g/mol. The van der Waals surface area contributed by atoms with Crippen LogP contribution in [0.2, 0.25) is 0 Å². The fourth-order valence-corrected chi connectivity index (χ4v) is 4.56. The Bertz CT molecular complexity index is 1870. The lowest BCUT2D eigenvalue weighted by Crippen LogP contribution is -2.13. The van der Waals surface area contributed by atoms with Crippen LogP contribution in [0.4, 0.5) is 21.6 Å². The maximum Gasteiger partial charge on any atom is 0.248 e. The summed E-state index contributed by atoms with van der Waals surface area (Å²) in [6.45, 7) is 2.86. The second-order valence-corrected chi connectivity index (χ2v) is 10.8. The highest BCUT2D eigenvalue weighted by Crippen LogP contribution is 2.40. The van der Waals surface area contributed by atoms with Gasteiger partial charge < -0.3 is 29.4 Å². The van der Waals surface area contributed by atoms with E-state index in [-0.39, 0.29) is 11.6 Å². The van der Waals surface area contributed by atoms with Crippen molar-refractivity contribution in [3.8, 4) is 28.7 Å². The fraction of sp³-hybridized carbons (Fsp3) is 0.242. The van der Waals surface area contributed by atoms with Crippen molar-refractivity contribution in [3.05, 3.63) is 84.8 Å². The summed E-state index contributed by atoms with van der Waals surface area (Å²) in [4.78, 5) is 23.2. The van der Waals surface area contributed by atoms with Crippen molar-refractivity contribution in [2.24, 2.45) is 0 Å². The van der Waals surface area contributed by atoms with Crippen LogP contribution in [0.15, 0.2) is 77.5 Å². The largest absolute Gasteiger partial charge is 0.492 e. The lowest BCUT2D eigenvalue weighted by molar-refractivity contribution is -0.111. The van der Waals surface area contributed by atoms with Gasteiger partial charge in [0.2, 0.25) is 17.7 Å². The normalized spacial score (nSPS) is 13.0. The Kier molecular flexibility index (Phi) is 8.65. The van der Waals surface area contributed by atoms with Crippen LogP contribution in [0, 0.1) is 5.82 Å². The van der Waals surface area contributed by atoms with E-state index in [1.54, 1.807) is 42.5 Å². The van der Waals surface area contributed by atoms with Gasteiger partial charge in [-0.1, -0.05) is 12.1 Å². The Balaban J connectivity index is 1.20. The van der Waals surface area contributed by atoms with Crippen molar-refractivity contribution in [2.45, 2.75) is 25.7 Å². The molecule has 1 saturated carbocycles. The van der Waals surface area contributed by atoms with E-state index in [9.17, 15) is 4.79 Å². The number of fused-ring (bicyclic) bond motifs is 1. The van der Waals surface area contributed by atoms with Gasteiger partial charge in [-0.25, -0.2) is 14.4 Å². The molecule has 11 nitrogen and oxygen atoms in total. The zero-order valence-corrected chi connectivity index (χ0v) is 25.1. The minimum absolute atomic E-state index is 0.181. The highest BCUT2D eigenvalue weighted by molar-refractivity contribution is 6.03. The van der Waals surface area contributed by atoms with Crippen LogP contribution < -0.4 is 20.1 Å². The van der Waals surface area contributed by atoms with Gasteiger partial charge in [0.05, 0.1) is 23.5 Å². The number of nitrogens with zero attached hydrogens (tertiary/aromatic N) is 5. The molecule has 6 rings (SSSR count). The molecule has 5 aromatic rings. The second-order valence-electron chi connectivity index (χ2n) is 10.8. The Morgan fingerprint density at radius 3 is 2.69 bits per heavy atom. The molecule has 1 amide bonds. The van der Waals surface area contributed by atoms with Gasteiger partial charge in [-0.15, -0.1) is 10.2 Å². The van der Waals surface area contributed by atoms with E-state index >= 15 is 4.39 Å². The van der Waals surface area contributed by atoms with Crippen LogP contribution in [0.1, 0.15) is 31.6 Å². The van der Waals surface area contributed by atoms with E-state index in [1.165, 1.54) is 18.5 Å². The molecule has 0 saturated heterocycles. The van der Waals surface area contributed by atoms with Crippen LogP contribution in [0.5, 0.6) is 17.2 Å². The number of anilines is 3. The molecule has 1 aliphatic rings. The number of carbonyl (C=O) groups is 1. The smallest absolute Gasteiger partial charge is 0.248 e. The van der Waals surface area contributed by atoms with Gasteiger partial charge in [-0.2, -0.15) is 0 Å². The predicted molar refractivity (Wildman–Crippen MR) is 168 cm³/mol. The van der Waals surface area contributed by atoms with Crippen molar-refractivity contribution in [2.75, 3.05) is 37.9 Å². The quantitative estimate of drug-likeness (QED) is 0.148. The summed E-state index contributed by atoms with van der Waals surface area (Å²) in [5, 5.41) is 14.8. The second kappa shape index (κ2) is 13.1. The first-order chi connectivity index (χ1) is 21.9. The molecule has 1 fully saturated rings. The summed E-state index contributed by atoms with van der Waals surface area (Å²) in [5.74, 6) is 2.19. The van der Waals surface area contributed by atoms with Gasteiger partial charge >= 0.3 is 0 Å². The molecule has 0 radical (unpaired) electrons. The standard InChI is InChI=1S/C33H32FN7O4/c1-4-43-29-18-27-24(17-28(29)37-30(42)9-6-14-41(2)3)31(36-19-35-27)38-26-13-12-23(16-25(26)34)44-22-8-5-7-21(15-22)33-40-39-32(45-33)20-10-11-20/h5-9,12-13,15-20H,4,10-11,14H2,1-3H3,(H,37,42)(H,35,36,38)/b9-6+. The minimum atomic E-state index is -0.549. The number of likely N-dealkylation sites (N-methyl/N-ethyl adjacent to an activating group) is 1. The topological polar surface area (TPSA) is 128 Å². The van der Waals surface area contributed by atoms with Gasteiger partial charge in [0.25, 0.3) is 0 Å². The summed E-state index contributed by atoms with van der Waals surface area (Å²) in [6.07, 6.45) is 6.74. The first kappa shape index (κ1) is 29.7. The lowest BCUT2D eigenvalue weighted by Gasteiger charge is -2.15. The molecule has 0 atom stereocenters. The maximum absolute atomic E-state index is 15.4. The number of hydrogen-bond donors (Lipinski definition) is 2. The minimum Gasteiger partial charge on any atom is -0.492 e. The molecule has 0 spiro atoms. The van der Waals surface area contributed by atoms with Crippen LogP contribution in [-0.2, 0) is 4.79 Å². The fourth-order valence-electron chi connectivity index (χ4n) is 4.56. The first-order valence-electron chi connectivity index (χ1n) is 14.6. The third-order valence-corrected chi connectivity index (χ3v) is 6.91. The Morgan fingerprint density at radius 1 is 1.07 bits per heavy atom. The molecule has 1 aliphatic carbocycles. The van der Waals surface area contributed by atoms with Gasteiger partial charge in [-0.05, 0) is 70.3 Å². The molecule has 0 bridgehead atoms. The van der Waals surface area contributed by atoms with E-state index in [4.69, 9.17) is 13.9 Å². The summed E-state index contributed by atoms with van der Waals surface area (Å²) < 4.78 is 32.9.